The predicted octanol–water partition coefficient (Wildman–Crippen LogP) is 6.20. The molecule has 1 amide bonds. The minimum atomic E-state index is -0.245. The summed E-state index contributed by atoms with van der Waals surface area (Å²) in [5, 5.41) is 3.38. The van der Waals surface area contributed by atoms with E-state index in [-0.39, 0.29) is 35.9 Å². The van der Waals surface area contributed by atoms with Gasteiger partial charge in [0.05, 0.1) is 17.9 Å². The van der Waals surface area contributed by atoms with Gasteiger partial charge in [0.2, 0.25) is 5.91 Å². The van der Waals surface area contributed by atoms with E-state index in [0.29, 0.717) is 29.6 Å². The standard InChI is InChI=1S/C31H37FN2O3/c1-3-19-15-28(19)31(35)34-25-10-11-26-22(14-25)16-29-30(18(2)36-37-29)27(26)12-9-24-8-7-21(17-33-24)20-5-4-6-23(32)13-20/h4-9,12-13,17-19,22,25-30H,3,10-11,14-16H2,1-2H3,(H,34,35)/b12-9+/t18?,19?,22?,25-,26-,27+,28?,29+,30-/m1/s1. The van der Waals surface area contributed by atoms with Gasteiger partial charge in [0.25, 0.3) is 0 Å². The molecule has 1 aliphatic heterocycles. The predicted molar refractivity (Wildman–Crippen MR) is 140 cm³/mol. The third kappa shape index (κ3) is 5.10. The molecule has 2 heterocycles. The average Bonchev–Trinajstić information content (AvgIpc) is 3.62. The zero-order chi connectivity index (χ0) is 25.5. The van der Waals surface area contributed by atoms with E-state index in [9.17, 15) is 9.18 Å². The van der Waals surface area contributed by atoms with Crippen molar-refractivity contribution in [1.82, 2.24) is 10.3 Å². The highest BCUT2D eigenvalue weighted by atomic mass is 19.1. The Morgan fingerprint density at radius 3 is 2.78 bits per heavy atom. The van der Waals surface area contributed by atoms with E-state index in [1.807, 2.05) is 24.4 Å². The van der Waals surface area contributed by atoms with E-state index in [1.54, 1.807) is 6.07 Å². The molecule has 1 aromatic carbocycles. The van der Waals surface area contributed by atoms with Gasteiger partial charge in [-0.05, 0) is 92.5 Å². The van der Waals surface area contributed by atoms with E-state index < -0.39 is 0 Å². The summed E-state index contributed by atoms with van der Waals surface area (Å²) in [6.07, 6.45) is 12.7. The lowest BCUT2D eigenvalue weighted by atomic mass is 9.59. The summed E-state index contributed by atoms with van der Waals surface area (Å²) in [5.41, 5.74) is 2.62. The summed E-state index contributed by atoms with van der Waals surface area (Å²) < 4.78 is 13.6. The minimum absolute atomic E-state index is 0.0576. The zero-order valence-electron chi connectivity index (χ0n) is 21.7. The number of aromatic nitrogens is 1. The minimum Gasteiger partial charge on any atom is -0.353 e. The third-order valence-electron chi connectivity index (χ3n) is 9.38. The molecule has 1 saturated heterocycles. The topological polar surface area (TPSA) is 60.5 Å². The number of allylic oxidation sites excluding steroid dienone is 1. The number of hydrogen-bond acceptors (Lipinski definition) is 4. The fraction of sp³-hybridized carbons (Fsp3) is 0.548. The van der Waals surface area contributed by atoms with Crippen molar-refractivity contribution in [3.63, 3.8) is 0 Å². The van der Waals surface area contributed by atoms with Crippen molar-refractivity contribution in [3.05, 3.63) is 60.2 Å². The number of rotatable bonds is 6. The van der Waals surface area contributed by atoms with Crippen LogP contribution in [0.2, 0.25) is 0 Å². The molecular formula is C31H37FN2O3. The van der Waals surface area contributed by atoms with Gasteiger partial charge < -0.3 is 5.32 Å². The Morgan fingerprint density at radius 1 is 1.14 bits per heavy atom. The Hall–Kier alpha value is -2.57. The van der Waals surface area contributed by atoms with Crippen LogP contribution in [0, 0.1) is 41.3 Å². The van der Waals surface area contributed by atoms with E-state index >= 15 is 0 Å². The summed E-state index contributed by atoms with van der Waals surface area (Å²) in [6.45, 7) is 4.29. The molecule has 3 saturated carbocycles. The molecule has 6 rings (SSSR count). The van der Waals surface area contributed by atoms with E-state index in [1.165, 1.54) is 12.1 Å². The number of benzene rings is 1. The van der Waals surface area contributed by atoms with E-state index in [2.05, 4.69) is 36.3 Å². The zero-order valence-corrected chi connectivity index (χ0v) is 21.7. The average molecular weight is 505 g/mol. The van der Waals surface area contributed by atoms with E-state index in [0.717, 1.165) is 55.3 Å². The smallest absolute Gasteiger partial charge is 0.223 e. The van der Waals surface area contributed by atoms with Gasteiger partial charge in [-0.25, -0.2) is 14.2 Å². The fourth-order valence-electron chi connectivity index (χ4n) is 7.28. The Bertz CT molecular complexity index is 1150. The second kappa shape index (κ2) is 10.3. The van der Waals surface area contributed by atoms with Crippen molar-refractivity contribution in [1.29, 1.82) is 0 Å². The molecule has 0 spiro atoms. The van der Waals surface area contributed by atoms with Gasteiger partial charge in [-0.15, -0.1) is 0 Å². The maximum atomic E-state index is 13.6. The normalized spacial score (nSPS) is 36.7. The molecule has 196 valence electrons. The molecular weight excluding hydrogens is 467 g/mol. The van der Waals surface area contributed by atoms with Crippen LogP contribution in [0.5, 0.6) is 0 Å². The van der Waals surface area contributed by atoms with Crippen molar-refractivity contribution < 1.29 is 19.0 Å². The van der Waals surface area contributed by atoms with Crippen LogP contribution in [0.4, 0.5) is 4.39 Å². The summed E-state index contributed by atoms with van der Waals surface area (Å²) >= 11 is 0. The van der Waals surface area contributed by atoms with Gasteiger partial charge in [-0.2, -0.15) is 0 Å². The first-order chi connectivity index (χ1) is 18.0. The molecule has 2 aromatic rings. The van der Waals surface area contributed by atoms with Gasteiger partial charge in [0, 0.05) is 29.6 Å². The molecule has 0 radical (unpaired) electrons. The lowest BCUT2D eigenvalue weighted by Crippen LogP contribution is -2.49. The summed E-state index contributed by atoms with van der Waals surface area (Å²) in [6, 6.07) is 10.8. The van der Waals surface area contributed by atoms with Crippen LogP contribution in [0.1, 0.15) is 58.1 Å². The number of amides is 1. The van der Waals surface area contributed by atoms with Gasteiger partial charge in [0.1, 0.15) is 5.82 Å². The second-order valence-electron chi connectivity index (χ2n) is 11.6. The highest BCUT2D eigenvalue weighted by molar-refractivity contribution is 5.81. The first-order valence-corrected chi connectivity index (χ1v) is 14.0. The summed E-state index contributed by atoms with van der Waals surface area (Å²) in [5.74, 6) is 2.57. The van der Waals surface area contributed by atoms with Crippen molar-refractivity contribution in [2.45, 2.75) is 70.6 Å². The van der Waals surface area contributed by atoms with Gasteiger partial charge in [0.15, 0.2) is 0 Å². The molecule has 4 unspecified atom stereocenters. The molecule has 37 heavy (non-hydrogen) atoms. The van der Waals surface area contributed by atoms with Crippen molar-refractivity contribution >= 4 is 12.0 Å². The van der Waals surface area contributed by atoms with Crippen LogP contribution in [0.15, 0.2) is 48.7 Å². The van der Waals surface area contributed by atoms with Crippen LogP contribution >= 0.6 is 0 Å². The monoisotopic (exact) mass is 504 g/mol. The Kier molecular flexibility index (Phi) is 6.89. The SMILES string of the molecule is CCC1CC1C(=O)N[C@@H]1CC[C@@H]2C(C1)C[C@@H]1OOC(C)[C@@H]1[C@H]2/C=C/c1ccc(-c2cccc(F)c2)cn1. The molecule has 0 bridgehead atoms. The maximum absolute atomic E-state index is 13.6. The van der Waals surface area contributed by atoms with E-state index in [4.69, 9.17) is 9.78 Å². The molecule has 6 heteroatoms. The number of hydrogen-bond donors (Lipinski definition) is 1. The number of nitrogens with zero attached hydrogens (tertiary/aromatic N) is 1. The molecule has 9 atom stereocenters. The number of halogens is 1. The van der Waals surface area contributed by atoms with Gasteiger partial charge in [-0.1, -0.05) is 37.6 Å². The van der Waals surface area contributed by atoms with Crippen LogP contribution in [0.25, 0.3) is 17.2 Å². The molecule has 4 aliphatic rings. The Labute approximate surface area is 218 Å². The number of carbonyl (C=O) groups excluding carboxylic acids is 1. The number of pyridine rings is 1. The number of carbonyl (C=O) groups is 1. The van der Waals surface area contributed by atoms with Crippen molar-refractivity contribution in [2.75, 3.05) is 0 Å². The van der Waals surface area contributed by atoms with Crippen LogP contribution < -0.4 is 5.32 Å². The first-order valence-electron chi connectivity index (χ1n) is 14.0. The lowest BCUT2D eigenvalue weighted by Gasteiger charge is -2.47. The summed E-state index contributed by atoms with van der Waals surface area (Å²) in [7, 11) is 0. The molecule has 1 N–H and O–H groups in total. The molecule has 4 fully saturated rings. The van der Waals surface area contributed by atoms with Crippen LogP contribution in [-0.2, 0) is 14.6 Å². The first kappa shape index (κ1) is 24.7. The molecule has 3 aliphatic carbocycles. The van der Waals surface area contributed by atoms with Gasteiger partial charge >= 0.3 is 0 Å². The number of nitrogens with one attached hydrogen (secondary N) is 1. The Balaban J connectivity index is 1.15. The number of fused-ring (bicyclic) bond motifs is 2. The largest absolute Gasteiger partial charge is 0.353 e. The molecule has 1 aromatic heterocycles. The third-order valence-corrected chi connectivity index (χ3v) is 9.38. The van der Waals surface area contributed by atoms with Crippen LogP contribution in [-0.4, -0.2) is 29.1 Å². The summed E-state index contributed by atoms with van der Waals surface area (Å²) in [4.78, 5) is 28.8. The highest BCUT2D eigenvalue weighted by Gasteiger charge is 2.52. The van der Waals surface area contributed by atoms with Crippen LogP contribution in [0.3, 0.4) is 0 Å². The maximum Gasteiger partial charge on any atom is 0.223 e. The fourth-order valence-corrected chi connectivity index (χ4v) is 7.28. The quantitative estimate of drug-likeness (QED) is 0.476. The van der Waals surface area contributed by atoms with Crippen molar-refractivity contribution in [3.8, 4) is 11.1 Å². The van der Waals surface area contributed by atoms with Crippen molar-refractivity contribution in [2.24, 2.45) is 35.5 Å². The Morgan fingerprint density at radius 2 is 2.03 bits per heavy atom. The second-order valence-corrected chi connectivity index (χ2v) is 11.6. The van der Waals surface area contributed by atoms with Gasteiger partial charge in [-0.3, -0.25) is 9.78 Å². The highest BCUT2D eigenvalue weighted by Crippen LogP contribution is 2.52. The lowest BCUT2D eigenvalue weighted by molar-refractivity contribution is -0.296. The molecule has 5 nitrogen and oxygen atoms in total.